The van der Waals surface area contributed by atoms with Crippen molar-refractivity contribution in [3.63, 3.8) is 0 Å². The number of rotatable bonds is 2. The zero-order valence-electron chi connectivity index (χ0n) is 18.0. The van der Waals surface area contributed by atoms with Crippen LogP contribution in [0.4, 0.5) is 0 Å². The molecule has 0 fully saturated rings. The normalized spacial score (nSPS) is 12.1. The molecule has 4 rings (SSSR count). The summed E-state index contributed by atoms with van der Waals surface area (Å²) in [6, 6.07) is 12.1. The first-order chi connectivity index (χ1) is 13.7. The minimum atomic E-state index is -0.231. The zero-order chi connectivity index (χ0) is 20.9. The van der Waals surface area contributed by atoms with Gasteiger partial charge in [0.15, 0.2) is 5.65 Å². The number of aromatic nitrogens is 3. The molecule has 0 spiro atoms. The Morgan fingerprint density at radius 1 is 0.966 bits per heavy atom. The highest BCUT2D eigenvalue weighted by Gasteiger charge is 2.18. The third kappa shape index (κ3) is 3.33. The largest absolute Gasteiger partial charge is 0.300 e. The van der Waals surface area contributed by atoms with E-state index in [4.69, 9.17) is 4.98 Å². The summed E-state index contributed by atoms with van der Waals surface area (Å²) in [4.78, 5) is 21.7. The standard InChI is InChI=1S/C25H27N3O/c1-7-17-12-15(2)23(16(3)13-17)20-14-22(29)27-24-18-8-9-21(25(4,5)6)26-19(18)10-11-28(20)24/h8-14H,7H2,1-6H3. The van der Waals surface area contributed by atoms with Gasteiger partial charge >= 0.3 is 0 Å². The van der Waals surface area contributed by atoms with Crippen LogP contribution in [-0.4, -0.2) is 14.4 Å². The molecular formula is C25H27N3O. The summed E-state index contributed by atoms with van der Waals surface area (Å²) in [7, 11) is 0. The Balaban J connectivity index is 2.05. The van der Waals surface area contributed by atoms with Crippen molar-refractivity contribution < 1.29 is 0 Å². The highest BCUT2D eigenvalue weighted by Crippen LogP contribution is 2.30. The van der Waals surface area contributed by atoms with E-state index in [0.717, 1.165) is 34.3 Å². The van der Waals surface area contributed by atoms with Crippen LogP contribution in [0, 0.1) is 13.8 Å². The van der Waals surface area contributed by atoms with Crippen LogP contribution in [0.3, 0.4) is 0 Å². The van der Waals surface area contributed by atoms with Crippen molar-refractivity contribution >= 4 is 16.6 Å². The zero-order valence-corrected chi connectivity index (χ0v) is 18.0. The van der Waals surface area contributed by atoms with Crippen LogP contribution in [0.1, 0.15) is 50.1 Å². The van der Waals surface area contributed by atoms with E-state index in [-0.39, 0.29) is 11.0 Å². The van der Waals surface area contributed by atoms with Gasteiger partial charge in [0.1, 0.15) is 0 Å². The first-order valence-corrected chi connectivity index (χ1v) is 10.1. The number of aryl methyl sites for hydroxylation is 3. The Bertz CT molecular complexity index is 1290. The molecule has 0 saturated carbocycles. The third-order valence-electron chi connectivity index (χ3n) is 5.54. The van der Waals surface area contributed by atoms with Gasteiger partial charge in [-0.1, -0.05) is 39.8 Å². The second kappa shape index (κ2) is 6.80. The number of hydrogen-bond donors (Lipinski definition) is 0. The van der Waals surface area contributed by atoms with E-state index in [2.05, 4.69) is 58.7 Å². The fourth-order valence-electron chi connectivity index (χ4n) is 4.04. The predicted molar refractivity (Wildman–Crippen MR) is 120 cm³/mol. The SMILES string of the molecule is CCc1cc(C)c(-c2cc(=O)nc3c4ccc(C(C)(C)C)nc4ccn23)c(C)c1. The number of benzene rings is 1. The van der Waals surface area contributed by atoms with Crippen molar-refractivity contribution in [1.82, 2.24) is 14.4 Å². The molecule has 29 heavy (non-hydrogen) atoms. The summed E-state index contributed by atoms with van der Waals surface area (Å²) in [6.45, 7) is 12.8. The van der Waals surface area contributed by atoms with Gasteiger partial charge in [-0.05, 0) is 55.2 Å². The van der Waals surface area contributed by atoms with Crippen molar-refractivity contribution in [3.05, 3.63) is 75.3 Å². The summed E-state index contributed by atoms with van der Waals surface area (Å²) in [5.74, 6) is 0. The fourth-order valence-corrected chi connectivity index (χ4v) is 4.04. The number of hydrogen-bond acceptors (Lipinski definition) is 3. The van der Waals surface area contributed by atoms with Gasteiger partial charge < -0.3 is 4.40 Å². The Morgan fingerprint density at radius 3 is 2.28 bits per heavy atom. The van der Waals surface area contributed by atoms with Crippen LogP contribution < -0.4 is 5.56 Å². The highest BCUT2D eigenvalue weighted by atomic mass is 16.1. The molecule has 0 aliphatic rings. The summed E-state index contributed by atoms with van der Waals surface area (Å²) in [6.07, 6.45) is 2.97. The molecular weight excluding hydrogens is 358 g/mol. The molecule has 148 valence electrons. The van der Waals surface area contributed by atoms with E-state index in [1.807, 2.05) is 28.8 Å². The fraction of sp³-hybridized carbons (Fsp3) is 0.320. The minimum absolute atomic E-state index is 0.0372. The van der Waals surface area contributed by atoms with Crippen LogP contribution in [0.15, 0.2) is 47.4 Å². The van der Waals surface area contributed by atoms with Gasteiger partial charge in [-0.15, -0.1) is 0 Å². The van der Waals surface area contributed by atoms with E-state index in [1.165, 1.54) is 16.7 Å². The molecule has 0 saturated heterocycles. The van der Waals surface area contributed by atoms with Crippen LogP contribution in [0.5, 0.6) is 0 Å². The predicted octanol–water partition coefficient (Wildman–Crippen LogP) is 5.39. The second-order valence-electron chi connectivity index (χ2n) is 8.83. The molecule has 4 heteroatoms. The van der Waals surface area contributed by atoms with Crippen molar-refractivity contribution in [2.75, 3.05) is 0 Å². The number of nitrogens with zero attached hydrogens (tertiary/aromatic N) is 3. The van der Waals surface area contributed by atoms with E-state index < -0.39 is 0 Å². The van der Waals surface area contributed by atoms with Gasteiger partial charge in [-0.2, -0.15) is 4.98 Å². The lowest BCUT2D eigenvalue weighted by atomic mass is 9.91. The Labute approximate surface area is 171 Å². The van der Waals surface area contributed by atoms with Crippen LogP contribution >= 0.6 is 0 Å². The molecule has 4 aromatic rings. The maximum atomic E-state index is 12.5. The van der Waals surface area contributed by atoms with Crippen LogP contribution in [0.2, 0.25) is 0 Å². The van der Waals surface area contributed by atoms with Gasteiger partial charge in [0.05, 0.1) is 11.2 Å². The molecule has 4 nitrogen and oxygen atoms in total. The smallest absolute Gasteiger partial charge is 0.273 e. The van der Waals surface area contributed by atoms with Gasteiger partial charge in [0, 0.05) is 34.3 Å². The minimum Gasteiger partial charge on any atom is -0.300 e. The average molecular weight is 386 g/mol. The molecule has 1 aromatic carbocycles. The molecule has 0 aliphatic heterocycles. The van der Waals surface area contributed by atoms with Crippen molar-refractivity contribution in [3.8, 4) is 11.3 Å². The molecule has 0 bridgehead atoms. The van der Waals surface area contributed by atoms with E-state index >= 15 is 0 Å². The Morgan fingerprint density at radius 2 is 1.66 bits per heavy atom. The summed E-state index contributed by atoms with van der Waals surface area (Å²) in [5, 5.41) is 0.889. The molecule has 3 heterocycles. The summed E-state index contributed by atoms with van der Waals surface area (Å²) >= 11 is 0. The number of fused-ring (bicyclic) bond motifs is 3. The quantitative estimate of drug-likeness (QED) is 0.435. The lowest BCUT2D eigenvalue weighted by Crippen LogP contribution is -2.14. The summed E-state index contributed by atoms with van der Waals surface area (Å²) in [5.41, 5.74) is 7.87. The van der Waals surface area contributed by atoms with Gasteiger partial charge in [-0.25, -0.2) is 0 Å². The molecule has 0 atom stereocenters. The lowest BCUT2D eigenvalue weighted by molar-refractivity contribution is 0.571. The maximum Gasteiger partial charge on any atom is 0.273 e. The van der Waals surface area contributed by atoms with Gasteiger partial charge in [0.25, 0.3) is 5.56 Å². The van der Waals surface area contributed by atoms with Crippen LogP contribution in [-0.2, 0) is 11.8 Å². The van der Waals surface area contributed by atoms with Crippen molar-refractivity contribution in [2.45, 2.75) is 53.4 Å². The molecule has 0 radical (unpaired) electrons. The van der Waals surface area contributed by atoms with Crippen molar-refractivity contribution in [2.24, 2.45) is 0 Å². The first kappa shape index (κ1) is 19.3. The molecule has 0 amide bonds. The monoisotopic (exact) mass is 385 g/mol. The van der Waals surface area contributed by atoms with E-state index in [1.54, 1.807) is 6.07 Å². The lowest BCUT2D eigenvalue weighted by Gasteiger charge is -2.19. The average Bonchev–Trinajstić information content (AvgIpc) is 2.65. The first-order valence-electron chi connectivity index (χ1n) is 10.1. The molecule has 0 unspecified atom stereocenters. The third-order valence-corrected chi connectivity index (χ3v) is 5.54. The maximum absolute atomic E-state index is 12.5. The summed E-state index contributed by atoms with van der Waals surface area (Å²) < 4.78 is 2.02. The van der Waals surface area contributed by atoms with E-state index in [0.29, 0.717) is 5.65 Å². The van der Waals surface area contributed by atoms with Gasteiger partial charge in [0.2, 0.25) is 0 Å². The van der Waals surface area contributed by atoms with Crippen LogP contribution in [0.25, 0.3) is 27.8 Å². The Kier molecular flexibility index (Phi) is 4.53. The topological polar surface area (TPSA) is 47.3 Å². The number of pyridine rings is 2. The van der Waals surface area contributed by atoms with Gasteiger partial charge in [-0.3, -0.25) is 9.78 Å². The second-order valence-corrected chi connectivity index (χ2v) is 8.83. The molecule has 0 aliphatic carbocycles. The van der Waals surface area contributed by atoms with Crippen molar-refractivity contribution in [1.29, 1.82) is 0 Å². The molecule has 0 N–H and O–H groups in total. The Hall–Kier alpha value is -3.01. The highest BCUT2D eigenvalue weighted by molar-refractivity contribution is 5.92. The van der Waals surface area contributed by atoms with E-state index in [9.17, 15) is 4.79 Å². The molecule has 3 aromatic heterocycles.